The molecular formula is C11H24N2O2. The molecule has 0 aliphatic rings. The standard InChI is InChI=1S/C11H24N2O2/c1-4-6-10(9-15-3)13-11(14)7-5-8-12-2/h10,12H,4-9H2,1-3H3,(H,13,14). The number of hydrogen-bond donors (Lipinski definition) is 2. The molecule has 0 spiro atoms. The van der Waals surface area contributed by atoms with Crippen LogP contribution in [0.4, 0.5) is 0 Å². The summed E-state index contributed by atoms with van der Waals surface area (Å²) in [5, 5.41) is 6.01. The van der Waals surface area contributed by atoms with Crippen molar-refractivity contribution in [1.82, 2.24) is 10.6 Å². The van der Waals surface area contributed by atoms with E-state index in [1.165, 1.54) is 0 Å². The second-order valence-corrected chi connectivity index (χ2v) is 3.72. The molecule has 0 aromatic heterocycles. The molecule has 1 amide bonds. The molecule has 0 heterocycles. The maximum Gasteiger partial charge on any atom is 0.220 e. The molecule has 1 unspecified atom stereocenters. The van der Waals surface area contributed by atoms with Gasteiger partial charge in [0.2, 0.25) is 5.91 Å². The lowest BCUT2D eigenvalue weighted by Crippen LogP contribution is -2.38. The maximum absolute atomic E-state index is 11.5. The van der Waals surface area contributed by atoms with Crippen molar-refractivity contribution < 1.29 is 9.53 Å². The lowest BCUT2D eigenvalue weighted by atomic mass is 10.1. The molecule has 0 aromatic rings. The topological polar surface area (TPSA) is 50.4 Å². The number of nitrogens with one attached hydrogen (secondary N) is 2. The predicted octanol–water partition coefficient (Wildman–Crippen LogP) is 0.917. The van der Waals surface area contributed by atoms with E-state index in [1.54, 1.807) is 7.11 Å². The van der Waals surface area contributed by atoms with Crippen LogP contribution in [0.5, 0.6) is 0 Å². The average Bonchev–Trinajstić information content (AvgIpc) is 2.19. The molecule has 0 aliphatic carbocycles. The third kappa shape index (κ3) is 8.39. The zero-order chi connectivity index (χ0) is 11.5. The highest BCUT2D eigenvalue weighted by atomic mass is 16.5. The predicted molar refractivity (Wildman–Crippen MR) is 61.9 cm³/mol. The second-order valence-electron chi connectivity index (χ2n) is 3.72. The van der Waals surface area contributed by atoms with Crippen LogP contribution in [0.1, 0.15) is 32.6 Å². The highest BCUT2D eigenvalue weighted by molar-refractivity contribution is 5.76. The fourth-order valence-corrected chi connectivity index (χ4v) is 1.47. The van der Waals surface area contributed by atoms with Gasteiger partial charge in [-0.15, -0.1) is 0 Å². The van der Waals surface area contributed by atoms with E-state index in [-0.39, 0.29) is 11.9 Å². The minimum Gasteiger partial charge on any atom is -0.383 e. The van der Waals surface area contributed by atoms with Crippen molar-refractivity contribution in [2.24, 2.45) is 0 Å². The third-order valence-electron chi connectivity index (χ3n) is 2.20. The van der Waals surface area contributed by atoms with Crippen LogP contribution < -0.4 is 10.6 Å². The van der Waals surface area contributed by atoms with Crippen molar-refractivity contribution >= 4 is 5.91 Å². The van der Waals surface area contributed by atoms with Gasteiger partial charge in [-0.3, -0.25) is 4.79 Å². The Hall–Kier alpha value is -0.610. The van der Waals surface area contributed by atoms with E-state index in [0.29, 0.717) is 13.0 Å². The molecule has 0 aromatic carbocycles. The van der Waals surface area contributed by atoms with Gasteiger partial charge in [-0.2, -0.15) is 0 Å². The van der Waals surface area contributed by atoms with Crippen LogP contribution >= 0.6 is 0 Å². The van der Waals surface area contributed by atoms with Gasteiger partial charge < -0.3 is 15.4 Å². The monoisotopic (exact) mass is 216 g/mol. The van der Waals surface area contributed by atoms with E-state index in [1.807, 2.05) is 7.05 Å². The van der Waals surface area contributed by atoms with Gasteiger partial charge in [0.05, 0.1) is 12.6 Å². The van der Waals surface area contributed by atoms with E-state index in [2.05, 4.69) is 17.6 Å². The molecule has 1 atom stereocenters. The second kappa shape index (κ2) is 9.93. The molecule has 0 rings (SSSR count). The van der Waals surface area contributed by atoms with Crippen molar-refractivity contribution in [1.29, 1.82) is 0 Å². The largest absolute Gasteiger partial charge is 0.383 e. The summed E-state index contributed by atoms with van der Waals surface area (Å²) >= 11 is 0. The van der Waals surface area contributed by atoms with Crippen molar-refractivity contribution in [2.45, 2.75) is 38.6 Å². The molecule has 0 radical (unpaired) electrons. The summed E-state index contributed by atoms with van der Waals surface area (Å²) in [7, 11) is 3.55. The van der Waals surface area contributed by atoms with E-state index >= 15 is 0 Å². The van der Waals surface area contributed by atoms with E-state index in [0.717, 1.165) is 25.8 Å². The van der Waals surface area contributed by atoms with Crippen LogP contribution in [0.25, 0.3) is 0 Å². The molecule has 15 heavy (non-hydrogen) atoms. The van der Waals surface area contributed by atoms with Crippen molar-refractivity contribution in [3.63, 3.8) is 0 Å². The van der Waals surface area contributed by atoms with Gasteiger partial charge in [-0.25, -0.2) is 0 Å². The first kappa shape index (κ1) is 14.4. The summed E-state index contributed by atoms with van der Waals surface area (Å²) in [6.07, 6.45) is 3.51. The van der Waals surface area contributed by atoms with Gasteiger partial charge >= 0.3 is 0 Å². The molecule has 0 fully saturated rings. The van der Waals surface area contributed by atoms with Gasteiger partial charge in [0.15, 0.2) is 0 Å². The number of carbonyl (C=O) groups is 1. The van der Waals surface area contributed by atoms with Crippen molar-refractivity contribution in [3.05, 3.63) is 0 Å². The van der Waals surface area contributed by atoms with Crippen LogP contribution in [0.15, 0.2) is 0 Å². The van der Waals surface area contributed by atoms with E-state index < -0.39 is 0 Å². The first-order chi connectivity index (χ1) is 7.24. The zero-order valence-electron chi connectivity index (χ0n) is 10.1. The van der Waals surface area contributed by atoms with Crippen molar-refractivity contribution in [2.75, 3.05) is 27.3 Å². The van der Waals surface area contributed by atoms with E-state index in [4.69, 9.17) is 4.74 Å². The maximum atomic E-state index is 11.5. The molecular weight excluding hydrogens is 192 g/mol. The first-order valence-corrected chi connectivity index (χ1v) is 5.67. The van der Waals surface area contributed by atoms with Gasteiger partial charge in [-0.05, 0) is 26.4 Å². The lowest BCUT2D eigenvalue weighted by Gasteiger charge is -2.17. The summed E-state index contributed by atoms with van der Waals surface area (Å²) in [5.41, 5.74) is 0. The number of carbonyl (C=O) groups excluding carboxylic acids is 1. The summed E-state index contributed by atoms with van der Waals surface area (Å²) in [4.78, 5) is 11.5. The van der Waals surface area contributed by atoms with Crippen LogP contribution in [0, 0.1) is 0 Å². The van der Waals surface area contributed by atoms with Crippen LogP contribution in [-0.4, -0.2) is 39.3 Å². The fraction of sp³-hybridized carbons (Fsp3) is 0.909. The Kier molecular flexibility index (Phi) is 9.52. The molecule has 4 heteroatoms. The molecule has 0 aliphatic heterocycles. The Morgan fingerprint density at radius 2 is 2.20 bits per heavy atom. The highest BCUT2D eigenvalue weighted by Gasteiger charge is 2.10. The Morgan fingerprint density at radius 1 is 1.47 bits per heavy atom. The minimum absolute atomic E-state index is 0.126. The van der Waals surface area contributed by atoms with Crippen LogP contribution in [0.3, 0.4) is 0 Å². The summed E-state index contributed by atoms with van der Waals surface area (Å²) in [5.74, 6) is 0.126. The Morgan fingerprint density at radius 3 is 2.73 bits per heavy atom. The molecule has 4 nitrogen and oxygen atoms in total. The van der Waals surface area contributed by atoms with E-state index in [9.17, 15) is 4.79 Å². The van der Waals surface area contributed by atoms with Gasteiger partial charge in [-0.1, -0.05) is 13.3 Å². The normalized spacial score (nSPS) is 12.5. The summed E-state index contributed by atoms with van der Waals surface area (Å²) in [6, 6.07) is 0.169. The number of rotatable bonds is 9. The number of amides is 1. The zero-order valence-corrected chi connectivity index (χ0v) is 10.1. The SMILES string of the molecule is CCCC(COC)NC(=O)CCCNC. The average molecular weight is 216 g/mol. The molecule has 90 valence electrons. The molecule has 0 saturated heterocycles. The number of methoxy groups -OCH3 is 1. The molecule has 0 saturated carbocycles. The first-order valence-electron chi connectivity index (χ1n) is 5.67. The van der Waals surface area contributed by atoms with Gasteiger partial charge in [0, 0.05) is 13.5 Å². The van der Waals surface area contributed by atoms with Crippen molar-refractivity contribution in [3.8, 4) is 0 Å². The quantitative estimate of drug-likeness (QED) is 0.563. The highest BCUT2D eigenvalue weighted by Crippen LogP contribution is 1.98. The number of hydrogen-bond acceptors (Lipinski definition) is 3. The summed E-state index contributed by atoms with van der Waals surface area (Å²) < 4.78 is 5.06. The smallest absolute Gasteiger partial charge is 0.220 e. The van der Waals surface area contributed by atoms with Crippen LogP contribution in [0.2, 0.25) is 0 Å². The fourth-order valence-electron chi connectivity index (χ4n) is 1.47. The third-order valence-corrected chi connectivity index (χ3v) is 2.20. The van der Waals surface area contributed by atoms with Gasteiger partial charge in [0.25, 0.3) is 0 Å². The number of ether oxygens (including phenoxy) is 1. The summed E-state index contributed by atoms with van der Waals surface area (Å²) in [6.45, 7) is 3.59. The molecule has 0 bridgehead atoms. The van der Waals surface area contributed by atoms with Crippen LogP contribution in [-0.2, 0) is 9.53 Å². The lowest BCUT2D eigenvalue weighted by molar-refractivity contribution is -0.122. The Bertz CT molecular complexity index is 157. The minimum atomic E-state index is 0.126. The van der Waals surface area contributed by atoms with Gasteiger partial charge in [0.1, 0.15) is 0 Å². The molecule has 2 N–H and O–H groups in total. The Balaban J connectivity index is 3.67. The Labute approximate surface area is 92.8 Å².